The molecule has 1 aromatic carbocycles. The topological polar surface area (TPSA) is 29.1 Å². The van der Waals surface area contributed by atoms with Crippen molar-refractivity contribution in [1.29, 1.82) is 0 Å². The molecule has 1 N–H and O–H groups in total. The number of hydrogen-bond acceptors (Lipinski definition) is 2. The highest BCUT2D eigenvalue weighted by molar-refractivity contribution is 9.11. The molecule has 1 amide bonds. The highest BCUT2D eigenvalue weighted by Crippen LogP contribution is 2.27. The number of rotatable bonds is 3. The van der Waals surface area contributed by atoms with Crippen LogP contribution in [0.5, 0.6) is 0 Å². The van der Waals surface area contributed by atoms with Gasteiger partial charge >= 0.3 is 0 Å². The van der Waals surface area contributed by atoms with Crippen LogP contribution in [0.2, 0.25) is 0 Å². The predicted molar refractivity (Wildman–Crippen MR) is 79.0 cm³/mol. The summed E-state index contributed by atoms with van der Waals surface area (Å²) in [6, 6.07) is 7.91. The van der Waals surface area contributed by atoms with Gasteiger partial charge in [-0.1, -0.05) is 18.2 Å². The van der Waals surface area contributed by atoms with E-state index in [1.807, 2.05) is 13.0 Å². The molecular weight excluding hydrogens is 329 g/mol. The molecule has 1 aromatic heterocycles. The molecule has 0 saturated carbocycles. The van der Waals surface area contributed by atoms with Crippen molar-refractivity contribution < 1.29 is 9.18 Å². The second kappa shape index (κ2) is 5.84. The van der Waals surface area contributed by atoms with Crippen LogP contribution in [0.25, 0.3) is 0 Å². The van der Waals surface area contributed by atoms with Gasteiger partial charge in [-0.15, -0.1) is 11.3 Å². The number of carbonyl (C=O) groups is 1. The number of thiophene rings is 1. The van der Waals surface area contributed by atoms with Crippen molar-refractivity contribution in [1.82, 2.24) is 5.32 Å². The first-order valence-corrected chi connectivity index (χ1v) is 7.41. The molecule has 0 radical (unpaired) electrons. The van der Waals surface area contributed by atoms with Crippen LogP contribution in [-0.4, -0.2) is 5.91 Å². The Labute approximate surface area is 123 Å². The smallest absolute Gasteiger partial charge is 0.261 e. The van der Waals surface area contributed by atoms with Gasteiger partial charge in [0.2, 0.25) is 0 Å². The van der Waals surface area contributed by atoms with Gasteiger partial charge < -0.3 is 5.32 Å². The molecule has 2 aromatic rings. The van der Waals surface area contributed by atoms with Crippen molar-refractivity contribution in [3.63, 3.8) is 0 Å². The van der Waals surface area contributed by atoms with Gasteiger partial charge in [-0.3, -0.25) is 4.79 Å². The molecule has 0 aliphatic carbocycles. The fourth-order valence-corrected chi connectivity index (χ4v) is 3.18. The summed E-state index contributed by atoms with van der Waals surface area (Å²) in [6.45, 7) is 3.70. The molecular formula is C14H13BrFNOS. The quantitative estimate of drug-likeness (QED) is 0.877. The maximum atomic E-state index is 13.6. The average Bonchev–Trinajstić information content (AvgIpc) is 2.70. The number of carbonyl (C=O) groups excluding carboxylic acids is 1. The van der Waals surface area contributed by atoms with Crippen LogP contribution in [0.1, 0.15) is 33.8 Å². The normalized spacial score (nSPS) is 12.2. The summed E-state index contributed by atoms with van der Waals surface area (Å²) < 4.78 is 14.5. The first-order chi connectivity index (χ1) is 8.99. The summed E-state index contributed by atoms with van der Waals surface area (Å²) in [7, 11) is 0. The van der Waals surface area contributed by atoms with E-state index < -0.39 is 0 Å². The summed E-state index contributed by atoms with van der Waals surface area (Å²) in [5, 5.41) is 2.80. The molecule has 5 heteroatoms. The summed E-state index contributed by atoms with van der Waals surface area (Å²) in [5.41, 5.74) is 1.51. The molecule has 1 atom stereocenters. The van der Waals surface area contributed by atoms with Crippen molar-refractivity contribution in [2.24, 2.45) is 0 Å². The van der Waals surface area contributed by atoms with Crippen molar-refractivity contribution in [3.8, 4) is 0 Å². The lowest BCUT2D eigenvalue weighted by Gasteiger charge is -2.14. The van der Waals surface area contributed by atoms with Gasteiger partial charge in [0.1, 0.15) is 5.82 Å². The third kappa shape index (κ3) is 3.22. The molecule has 100 valence electrons. The van der Waals surface area contributed by atoms with E-state index in [4.69, 9.17) is 0 Å². The standard InChI is InChI=1S/C14H13BrFNOS/c1-8-7-12(19-13(8)15)14(18)17-9(2)10-5-3-4-6-11(10)16/h3-7,9H,1-2H3,(H,17,18). The average molecular weight is 342 g/mol. The maximum absolute atomic E-state index is 13.6. The van der Waals surface area contributed by atoms with Crippen LogP contribution in [-0.2, 0) is 0 Å². The maximum Gasteiger partial charge on any atom is 0.261 e. The fourth-order valence-electron chi connectivity index (χ4n) is 1.74. The second-order valence-electron chi connectivity index (χ2n) is 4.28. The molecule has 2 rings (SSSR count). The number of amides is 1. The minimum absolute atomic E-state index is 0.186. The fraction of sp³-hybridized carbons (Fsp3) is 0.214. The minimum atomic E-state index is -0.366. The lowest BCUT2D eigenvalue weighted by molar-refractivity contribution is 0.0943. The van der Waals surface area contributed by atoms with Crippen molar-refractivity contribution in [2.45, 2.75) is 19.9 Å². The van der Waals surface area contributed by atoms with Crippen molar-refractivity contribution in [3.05, 3.63) is 55.9 Å². The number of nitrogens with one attached hydrogen (secondary N) is 1. The van der Waals surface area contributed by atoms with Crippen LogP contribution < -0.4 is 5.32 Å². The molecule has 0 saturated heterocycles. The molecule has 0 aliphatic rings. The second-order valence-corrected chi connectivity index (χ2v) is 6.65. The van der Waals surface area contributed by atoms with Crippen molar-refractivity contribution in [2.75, 3.05) is 0 Å². The van der Waals surface area contributed by atoms with Crippen molar-refractivity contribution >= 4 is 33.2 Å². The molecule has 0 spiro atoms. The third-order valence-electron chi connectivity index (χ3n) is 2.80. The molecule has 0 bridgehead atoms. The third-order valence-corrected chi connectivity index (χ3v) is 4.94. The summed E-state index contributed by atoms with van der Waals surface area (Å²) in [5.74, 6) is -0.492. The van der Waals surface area contributed by atoms with Crippen LogP contribution in [0, 0.1) is 12.7 Å². The lowest BCUT2D eigenvalue weighted by atomic mass is 10.1. The molecule has 0 fully saturated rings. The molecule has 19 heavy (non-hydrogen) atoms. The predicted octanol–water partition coefficient (Wildman–Crippen LogP) is 4.45. The van der Waals surface area contributed by atoms with Gasteiger partial charge in [0.25, 0.3) is 5.91 Å². The Bertz CT molecular complexity index is 592. The molecule has 1 unspecified atom stereocenters. The monoisotopic (exact) mass is 341 g/mol. The summed E-state index contributed by atoms with van der Waals surface area (Å²) >= 11 is 4.76. The number of hydrogen-bond donors (Lipinski definition) is 1. The van der Waals surface area contributed by atoms with Crippen LogP contribution in [0.4, 0.5) is 4.39 Å². The Kier molecular flexibility index (Phi) is 4.37. The van der Waals surface area contributed by atoms with Crippen LogP contribution in [0.15, 0.2) is 34.1 Å². The summed E-state index contributed by atoms with van der Waals surface area (Å²) in [4.78, 5) is 12.7. The minimum Gasteiger partial charge on any atom is -0.345 e. The van der Waals surface area contributed by atoms with E-state index in [0.717, 1.165) is 9.35 Å². The van der Waals surface area contributed by atoms with E-state index in [-0.39, 0.29) is 17.8 Å². The van der Waals surface area contributed by atoms with Crippen LogP contribution >= 0.6 is 27.3 Å². The largest absolute Gasteiger partial charge is 0.345 e. The lowest BCUT2D eigenvalue weighted by Crippen LogP contribution is -2.26. The zero-order valence-corrected chi connectivity index (χ0v) is 12.9. The number of aryl methyl sites for hydroxylation is 1. The summed E-state index contributed by atoms with van der Waals surface area (Å²) in [6.07, 6.45) is 0. The van der Waals surface area contributed by atoms with E-state index in [1.165, 1.54) is 17.4 Å². The Hall–Kier alpha value is -1.20. The van der Waals surface area contributed by atoms with E-state index in [1.54, 1.807) is 25.1 Å². The Morgan fingerprint density at radius 1 is 1.42 bits per heavy atom. The number of halogens is 2. The first-order valence-electron chi connectivity index (χ1n) is 5.80. The van der Waals surface area contributed by atoms with E-state index in [9.17, 15) is 9.18 Å². The Balaban J connectivity index is 2.13. The zero-order chi connectivity index (χ0) is 14.0. The van der Waals surface area contributed by atoms with Gasteiger partial charge in [-0.25, -0.2) is 4.39 Å². The van der Waals surface area contributed by atoms with Gasteiger partial charge in [-0.2, -0.15) is 0 Å². The van der Waals surface area contributed by atoms with Gasteiger partial charge in [0, 0.05) is 5.56 Å². The molecule has 0 aliphatic heterocycles. The first kappa shape index (κ1) is 14.2. The van der Waals surface area contributed by atoms with Crippen LogP contribution in [0.3, 0.4) is 0 Å². The zero-order valence-electron chi connectivity index (χ0n) is 10.5. The Morgan fingerprint density at radius 3 is 2.68 bits per heavy atom. The highest BCUT2D eigenvalue weighted by atomic mass is 79.9. The highest BCUT2D eigenvalue weighted by Gasteiger charge is 2.16. The number of benzene rings is 1. The van der Waals surface area contributed by atoms with E-state index >= 15 is 0 Å². The molecule has 2 nitrogen and oxygen atoms in total. The van der Waals surface area contributed by atoms with Gasteiger partial charge in [0.15, 0.2) is 0 Å². The SMILES string of the molecule is Cc1cc(C(=O)NC(C)c2ccccc2F)sc1Br. The van der Waals surface area contributed by atoms with E-state index in [2.05, 4.69) is 21.2 Å². The van der Waals surface area contributed by atoms with Gasteiger partial charge in [-0.05, 0) is 47.5 Å². The molecule has 1 heterocycles. The van der Waals surface area contributed by atoms with E-state index in [0.29, 0.717) is 10.4 Å². The Morgan fingerprint density at radius 2 is 2.11 bits per heavy atom. The van der Waals surface area contributed by atoms with Gasteiger partial charge in [0.05, 0.1) is 14.7 Å².